The first-order valence-electron chi connectivity index (χ1n) is 8.11. The smallest absolute Gasteiger partial charge is 0.00391 e. The van der Waals surface area contributed by atoms with Crippen LogP contribution in [0.1, 0.15) is 66.2 Å². The van der Waals surface area contributed by atoms with Crippen LogP contribution < -0.4 is 5.32 Å². The molecule has 0 bridgehead atoms. The molecule has 0 aliphatic carbocycles. The minimum Gasteiger partial charge on any atom is -0.314 e. The predicted molar refractivity (Wildman–Crippen MR) is 81.1 cm³/mol. The van der Waals surface area contributed by atoms with Gasteiger partial charge < -0.3 is 10.2 Å². The van der Waals surface area contributed by atoms with Crippen molar-refractivity contribution in [3.05, 3.63) is 0 Å². The third-order valence-corrected chi connectivity index (χ3v) is 4.87. The molecule has 0 radical (unpaired) electrons. The summed E-state index contributed by atoms with van der Waals surface area (Å²) in [6.45, 7) is 14.4. The molecule has 1 unspecified atom stereocenters. The van der Waals surface area contributed by atoms with Gasteiger partial charge in [0.2, 0.25) is 0 Å². The first kappa shape index (κ1) is 16.0. The van der Waals surface area contributed by atoms with Crippen molar-refractivity contribution in [3.63, 3.8) is 0 Å². The molecule has 1 aliphatic heterocycles. The number of hydrogen-bond acceptors (Lipinski definition) is 2. The van der Waals surface area contributed by atoms with Crippen LogP contribution in [-0.2, 0) is 0 Å². The van der Waals surface area contributed by atoms with Gasteiger partial charge in [-0.1, -0.05) is 20.8 Å². The van der Waals surface area contributed by atoms with E-state index in [1.54, 1.807) is 0 Å². The van der Waals surface area contributed by atoms with E-state index in [0.717, 1.165) is 0 Å². The quantitative estimate of drug-likeness (QED) is 0.675. The molecule has 1 atom stereocenters. The van der Waals surface area contributed by atoms with Crippen LogP contribution in [0, 0.1) is 5.41 Å². The van der Waals surface area contributed by atoms with Crippen LogP contribution in [0.25, 0.3) is 0 Å². The monoisotopic (exact) mass is 254 g/mol. The molecular weight excluding hydrogens is 220 g/mol. The fraction of sp³-hybridized carbons (Fsp3) is 1.00. The largest absolute Gasteiger partial charge is 0.314 e. The van der Waals surface area contributed by atoms with Crippen LogP contribution in [0.4, 0.5) is 0 Å². The van der Waals surface area contributed by atoms with Gasteiger partial charge in [-0.25, -0.2) is 0 Å². The van der Waals surface area contributed by atoms with Crippen molar-refractivity contribution in [1.29, 1.82) is 0 Å². The first-order valence-corrected chi connectivity index (χ1v) is 8.11. The fourth-order valence-electron chi connectivity index (χ4n) is 3.16. The van der Waals surface area contributed by atoms with E-state index >= 15 is 0 Å². The SMILES string of the molecule is CCCNC(C)CCCN1CCC(CC)(CC)C1. The zero-order chi connectivity index (χ0) is 13.4. The van der Waals surface area contributed by atoms with Gasteiger partial charge in [-0.3, -0.25) is 0 Å². The average molecular weight is 254 g/mol. The first-order chi connectivity index (χ1) is 8.65. The number of rotatable bonds is 9. The zero-order valence-electron chi connectivity index (χ0n) is 13.1. The van der Waals surface area contributed by atoms with Crippen molar-refractivity contribution < 1.29 is 0 Å². The maximum atomic E-state index is 3.58. The maximum Gasteiger partial charge on any atom is 0.00391 e. The van der Waals surface area contributed by atoms with Crippen LogP contribution in [-0.4, -0.2) is 37.1 Å². The molecule has 0 aromatic carbocycles. The van der Waals surface area contributed by atoms with Gasteiger partial charge >= 0.3 is 0 Å². The van der Waals surface area contributed by atoms with E-state index in [1.165, 1.54) is 64.7 Å². The molecule has 0 aromatic heterocycles. The lowest BCUT2D eigenvalue weighted by Gasteiger charge is -2.26. The van der Waals surface area contributed by atoms with E-state index in [9.17, 15) is 0 Å². The van der Waals surface area contributed by atoms with Gasteiger partial charge in [0.05, 0.1) is 0 Å². The summed E-state index contributed by atoms with van der Waals surface area (Å²) in [5, 5.41) is 3.58. The van der Waals surface area contributed by atoms with Gasteiger partial charge in [0, 0.05) is 12.6 Å². The standard InChI is InChI=1S/C16H34N2/c1-5-11-17-15(4)9-8-12-18-13-10-16(6-2,7-3)14-18/h15,17H,5-14H2,1-4H3. The molecule has 0 spiro atoms. The number of hydrogen-bond donors (Lipinski definition) is 1. The van der Waals surface area contributed by atoms with Crippen LogP contribution in [0.2, 0.25) is 0 Å². The van der Waals surface area contributed by atoms with Crippen LogP contribution >= 0.6 is 0 Å². The second-order valence-corrected chi connectivity index (χ2v) is 6.23. The summed E-state index contributed by atoms with van der Waals surface area (Å²) in [6, 6.07) is 0.690. The molecule has 2 heteroatoms. The molecule has 0 amide bonds. The van der Waals surface area contributed by atoms with Gasteiger partial charge in [0.15, 0.2) is 0 Å². The highest BCUT2D eigenvalue weighted by atomic mass is 15.2. The summed E-state index contributed by atoms with van der Waals surface area (Å²) in [5.74, 6) is 0. The third kappa shape index (κ3) is 4.89. The highest BCUT2D eigenvalue weighted by Crippen LogP contribution is 2.36. The summed E-state index contributed by atoms with van der Waals surface area (Å²) in [5.41, 5.74) is 0.645. The molecule has 0 aromatic rings. The van der Waals surface area contributed by atoms with Crippen LogP contribution in [0.5, 0.6) is 0 Å². The lowest BCUT2D eigenvalue weighted by Crippen LogP contribution is -2.30. The highest BCUT2D eigenvalue weighted by molar-refractivity contribution is 4.87. The Morgan fingerprint density at radius 3 is 2.50 bits per heavy atom. The van der Waals surface area contributed by atoms with Gasteiger partial charge in [0.1, 0.15) is 0 Å². The molecule has 18 heavy (non-hydrogen) atoms. The van der Waals surface area contributed by atoms with Crippen molar-refractivity contribution >= 4 is 0 Å². The third-order valence-electron chi connectivity index (χ3n) is 4.87. The van der Waals surface area contributed by atoms with Crippen LogP contribution in [0.15, 0.2) is 0 Å². The number of nitrogens with one attached hydrogen (secondary N) is 1. The summed E-state index contributed by atoms with van der Waals surface area (Å²) >= 11 is 0. The van der Waals surface area contributed by atoms with Gasteiger partial charge in [-0.15, -0.1) is 0 Å². The lowest BCUT2D eigenvalue weighted by molar-refractivity contribution is 0.236. The van der Waals surface area contributed by atoms with E-state index in [-0.39, 0.29) is 0 Å². The Morgan fingerprint density at radius 1 is 1.22 bits per heavy atom. The van der Waals surface area contributed by atoms with Crippen molar-refractivity contribution in [2.75, 3.05) is 26.2 Å². The predicted octanol–water partition coefficient (Wildman–Crippen LogP) is 3.67. The number of nitrogens with zero attached hydrogens (tertiary/aromatic N) is 1. The number of likely N-dealkylation sites (tertiary alicyclic amines) is 1. The summed E-state index contributed by atoms with van der Waals surface area (Å²) in [6.07, 6.45) is 8.04. The van der Waals surface area contributed by atoms with Crippen molar-refractivity contribution in [3.8, 4) is 0 Å². The van der Waals surface area contributed by atoms with Gasteiger partial charge in [0.25, 0.3) is 0 Å². The molecular formula is C16H34N2. The second-order valence-electron chi connectivity index (χ2n) is 6.23. The van der Waals surface area contributed by atoms with Gasteiger partial charge in [-0.2, -0.15) is 0 Å². The molecule has 1 aliphatic rings. The molecule has 2 nitrogen and oxygen atoms in total. The minimum atomic E-state index is 0.645. The summed E-state index contributed by atoms with van der Waals surface area (Å²) < 4.78 is 0. The zero-order valence-corrected chi connectivity index (χ0v) is 13.1. The topological polar surface area (TPSA) is 15.3 Å². The second kappa shape index (κ2) is 8.16. The van der Waals surface area contributed by atoms with E-state index in [0.29, 0.717) is 11.5 Å². The Labute approximate surface area is 115 Å². The summed E-state index contributed by atoms with van der Waals surface area (Å²) in [4.78, 5) is 2.69. The van der Waals surface area contributed by atoms with E-state index in [2.05, 4.69) is 37.9 Å². The molecule has 1 saturated heterocycles. The lowest BCUT2D eigenvalue weighted by atomic mass is 9.82. The van der Waals surface area contributed by atoms with Crippen molar-refractivity contribution in [2.24, 2.45) is 5.41 Å². The summed E-state index contributed by atoms with van der Waals surface area (Å²) in [7, 11) is 0. The average Bonchev–Trinajstić information content (AvgIpc) is 2.81. The van der Waals surface area contributed by atoms with Gasteiger partial charge in [-0.05, 0) is 70.5 Å². The normalized spacial score (nSPS) is 21.3. The Morgan fingerprint density at radius 2 is 1.94 bits per heavy atom. The highest BCUT2D eigenvalue weighted by Gasteiger charge is 2.34. The van der Waals surface area contributed by atoms with Crippen LogP contribution in [0.3, 0.4) is 0 Å². The van der Waals surface area contributed by atoms with E-state index in [4.69, 9.17) is 0 Å². The molecule has 1 rings (SSSR count). The van der Waals surface area contributed by atoms with E-state index < -0.39 is 0 Å². The molecule has 0 saturated carbocycles. The Bertz CT molecular complexity index is 211. The Kier molecular flexibility index (Phi) is 7.25. The molecule has 1 N–H and O–H groups in total. The fourth-order valence-corrected chi connectivity index (χ4v) is 3.16. The van der Waals surface area contributed by atoms with Crippen molar-refractivity contribution in [1.82, 2.24) is 10.2 Å². The molecule has 1 fully saturated rings. The van der Waals surface area contributed by atoms with E-state index in [1.807, 2.05) is 0 Å². The molecule has 1 heterocycles. The minimum absolute atomic E-state index is 0.645. The Hall–Kier alpha value is -0.0800. The van der Waals surface area contributed by atoms with Crippen molar-refractivity contribution in [2.45, 2.75) is 72.3 Å². The Balaban J connectivity index is 2.14. The molecule has 108 valence electrons. The maximum absolute atomic E-state index is 3.58.